The number of rotatable bonds is 4. The van der Waals surface area contributed by atoms with Crippen LogP contribution in [0.5, 0.6) is 0 Å². The van der Waals surface area contributed by atoms with E-state index in [9.17, 15) is 0 Å². The molecule has 1 aliphatic rings. The van der Waals surface area contributed by atoms with Gasteiger partial charge in [0.1, 0.15) is 0 Å². The molecule has 0 aromatic rings. The fraction of sp³-hybridized carbons (Fsp3) is 0.889. The lowest BCUT2D eigenvalue weighted by atomic mass is 10.2. The average molecular weight is 203 g/mol. The maximum absolute atomic E-state index is 5.71. The highest BCUT2D eigenvalue weighted by Crippen LogP contribution is 2.23. The van der Waals surface area contributed by atoms with Crippen LogP contribution in [-0.4, -0.2) is 28.6 Å². The summed E-state index contributed by atoms with van der Waals surface area (Å²) in [5.41, 5.74) is 0. The molecule has 1 rings (SSSR count). The molecule has 3 nitrogen and oxygen atoms in total. The summed E-state index contributed by atoms with van der Waals surface area (Å²) in [7, 11) is -2.29. The fourth-order valence-corrected chi connectivity index (χ4v) is 4.00. The van der Waals surface area contributed by atoms with E-state index in [4.69, 9.17) is 13.3 Å². The van der Waals surface area contributed by atoms with E-state index in [-0.39, 0.29) is 0 Å². The van der Waals surface area contributed by atoms with Gasteiger partial charge in [0, 0.05) is 31.8 Å². The number of hydrogen-bond acceptors (Lipinski definition) is 3. The van der Waals surface area contributed by atoms with Crippen LogP contribution in [0.2, 0.25) is 6.04 Å². The predicted molar refractivity (Wildman–Crippen MR) is 53.2 cm³/mol. The Hall–Kier alpha value is 0.0969. The lowest BCUT2D eigenvalue weighted by molar-refractivity contribution is -0.00233. The van der Waals surface area contributed by atoms with Crippen molar-refractivity contribution in [2.75, 3.05) is 19.8 Å². The molecule has 0 atom stereocenters. The van der Waals surface area contributed by atoms with E-state index in [1.165, 1.54) is 0 Å². The zero-order valence-corrected chi connectivity index (χ0v) is 9.54. The van der Waals surface area contributed by atoms with Gasteiger partial charge in [-0.2, -0.15) is 0 Å². The van der Waals surface area contributed by atoms with Crippen LogP contribution in [0.1, 0.15) is 20.3 Å². The maximum atomic E-state index is 5.71. The zero-order chi connectivity index (χ0) is 9.73. The van der Waals surface area contributed by atoms with Crippen molar-refractivity contribution in [2.45, 2.75) is 26.3 Å². The fourth-order valence-electron chi connectivity index (χ4n) is 1.36. The van der Waals surface area contributed by atoms with Gasteiger partial charge in [-0.25, -0.2) is 0 Å². The molecule has 1 radical (unpaired) electrons. The Morgan fingerprint density at radius 2 is 2.08 bits per heavy atom. The van der Waals surface area contributed by atoms with Crippen molar-refractivity contribution >= 4 is 8.80 Å². The van der Waals surface area contributed by atoms with Crippen LogP contribution in [0.25, 0.3) is 0 Å². The van der Waals surface area contributed by atoms with Crippen molar-refractivity contribution in [1.29, 1.82) is 0 Å². The summed E-state index contributed by atoms with van der Waals surface area (Å²) >= 11 is 0. The van der Waals surface area contributed by atoms with Crippen LogP contribution in [-0.2, 0) is 13.3 Å². The van der Waals surface area contributed by atoms with Gasteiger partial charge in [-0.05, 0) is 13.3 Å². The third kappa shape index (κ3) is 3.05. The van der Waals surface area contributed by atoms with Crippen molar-refractivity contribution in [2.24, 2.45) is 5.92 Å². The molecular formula is C9H19O3Si. The Morgan fingerprint density at radius 3 is 2.54 bits per heavy atom. The second-order valence-electron chi connectivity index (χ2n) is 3.45. The highest BCUT2D eigenvalue weighted by Gasteiger charge is 2.43. The van der Waals surface area contributed by atoms with E-state index >= 15 is 0 Å². The Labute approximate surface area is 81.7 Å². The molecule has 0 spiro atoms. The minimum absolute atomic E-state index is 0.492. The topological polar surface area (TPSA) is 27.7 Å². The molecule has 0 amide bonds. The summed E-state index contributed by atoms with van der Waals surface area (Å²) < 4.78 is 17.0. The van der Waals surface area contributed by atoms with Gasteiger partial charge >= 0.3 is 8.80 Å². The summed E-state index contributed by atoms with van der Waals surface area (Å²) in [6, 6.07) is 0.841. The molecule has 0 N–H and O–H groups in total. The Bertz CT molecular complexity index is 136. The van der Waals surface area contributed by atoms with Gasteiger partial charge in [0.25, 0.3) is 0 Å². The highest BCUT2D eigenvalue weighted by molar-refractivity contribution is 6.60. The molecule has 0 aromatic heterocycles. The first-order valence-electron chi connectivity index (χ1n) is 4.93. The largest absolute Gasteiger partial charge is 0.500 e. The summed E-state index contributed by atoms with van der Waals surface area (Å²) in [6.45, 7) is 10.1. The Kier molecular flexibility index (Phi) is 4.38. The standard InChI is InChI=1S/C9H19O3Si/c1-4-6-13(10-5-2)11-7-9(3)8-12-13/h9H,1,4-8H2,2-3H3. The van der Waals surface area contributed by atoms with Crippen molar-refractivity contribution in [3.05, 3.63) is 6.92 Å². The second-order valence-corrected chi connectivity index (χ2v) is 6.18. The molecule has 0 aromatic carbocycles. The van der Waals surface area contributed by atoms with Crippen molar-refractivity contribution < 1.29 is 13.3 Å². The van der Waals surface area contributed by atoms with Crippen LogP contribution < -0.4 is 0 Å². The van der Waals surface area contributed by atoms with Gasteiger partial charge in [-0.3, -0.25) is 0 Å². The maximum Gasteiger partial charge on any atom is 0.500 e. The molecule has 0 saturated carbocycles. The molecule has 77 valence electrons. The first-order valence-corrected chi connectivity index (χ1v) is 6.86. The molecule has 1 fully saturated rings. The van der Waals surface area contributed by atoms with E-state index in [0.717, 1.165) is 25.7 Å². The summed E-state index contributed by atoms with van der Waals surface area (Å²) in [5.74, 6) is 0.492. The average Bonchev–Trinajstić information content (AvgIpc) is 2.11. The van der Waals surface area contributed by atoms with Crippen LogP contribution in [0, 0.1) is 12.8 Å². The first-order chi connectivity index (χ1) is 6.22. The first kappa shape index (κ1) is 11.2. The van der Waals surface area contributed by atoms with Gasteiger partial charge < -0.3 is 13.3 Å². The minimum atomic E-state index is -2.29. The van der Waals surface area contributed by atoms with Crippen LogP contribution in [0.15, 0.2) is 0 Å². The van der Waals surface area contributed by atoms with E-state index < -0.39 is 8.80 Å². The van der Waals surface area contributed by atoms with Gasteiger partial charge in [0.2, 0.25) is 0 Å². The SMILES string of the molecule is [CH2]CC[Si]1(OCC)OCC(C)CO1. The summed E-state index contributed by atoms with van der Waals surface area (Å²) in [4.78, 5) is 0. The van der Waals surface area contributed by atoms with Crippen molar-refractivity contribution in [1.82, 2.24) is 0 Å². The highest BCUT2D eigenvalue weighted by atomic mass is 28.4. The lowest BCUT2D eigenvalue weighted by Gasteiger charge is -2.35. The van der Waals surface area contributed by atoms with Gasteiger partial charge in [0.15, 0.2) is 0 Å². The molecule has 0 bridgehead atoms. The number of hydrogen-bond donors (Lipinski definition) is 0. The van der Waals surface area contributed by atoms with Crippen molar-refractivity contribution in [3.8, 4) is 0 Å². The molecule has 0 unspecified atom stereocenters. The van der Waals surface area contributed by atoms with Gasteiger partial charge in [0.05, 0.1) is 0 Å². The Morgan fingerprint density at radius 1 is 1.46 bits per heavy atom. The molecule has 13 heavy (non-hydrogen) atoms. The summed E-state index contributed by atoms with van der Waals surface area (Å²) in [6.07, 6.45) is 0.820. The van der Waals surface area contributed by atoms with Crippen LogP contribution in [0.3, 0.4) is 0 Å². The van der Waals surface area contributed by atoms with E-state index in [0.29, 0.717) is 12.5 Å². The third-order valence-electron chi connectivity index (χ3n) is 2.02. The third-order valence-corrected chi connectivity index (χ3v) is 4.93. The monoisotopic (exact) mass is 203 g/mol. The van der Waals surface area contributed by atoms with E-state index in [2.05, 4.69) is 13.8 Å². The molecule has 0 aliphatic carbocycles. The quantitative estimate of drug-likeness (QED) is 0.653. The molecular weight excluding hydrogens is 184 g/mol. The molecule has 1 heterocycles. The molecule has 1 saturated heterocycles. The van der Waals surface area contributed by atoms with Gasteiger partial charge in [-0.1, -0.05) is 13.8 Å². The van der Waals surface area contributed by atoms with Crippen LogP contribution >= 0.6 is 0 Å². The lowest BCUT2D eigenvalue weighted by Crippen LogP contribution is -2.51. The van der Waals surface area contributed by atoms with Crippen LogP contribution in [0.4, 0.5) is 0 Å². The normalized spacial score (nSPS) is 34.8. The van der Waals surface area contributed by atoms with Crippen molar-refractivity contribution in [3.63, 3.8) is 0 Å². The smallest absolute Gasteiger partial charge is 0.374 e. The Balaban J connectivity index is 2.47. The predicted octanol–water partition coefficient (Wildman–Crippen LogP) is 1.87. The van der Waals surface area contributed by atoms with Gasteiger partial charge in [-0.15, -0.1) is 0 Å². The minimum Gasteiger partial charge on any atom is -0.374 e. The van der Waals surface area contributed by atoms with E-state index in [1.54, 1.807) is 0 Å². The zero-order valence-electron chi connectivity index (χ0n) is 8.54. The summed E-state index contributed by atoms with van der Waals surface area (Å²) in [5, 5.41) is 0. The molecule has 4 heteroatoms. The van der Waals surface area contributed by atoms with E-state index in [1.807, 2.05) is 6.92 Å². The second kappa shape index (κ2) is 5.10. The molecule has 1 aliphatic heterocycles.